The van der Waals surface area contributed by atoms with E-state index in [4.69, 9.17) is 0 Å². The van der Waals surface area contributed by atoms with Gasteiger partial charge in [-0.2, -0.15) is 0 Å². The monoisotopic (exact) mass is 578 g/mol. The van der Waals surface area contributed by atoms with Gasteiger partial charge in [-0.15, -0.1) is 24.8 Å². The zero-order valence-electron chi connectivity index (χ0n) is 20.8. The molecule has 0 unspecified atom stereocenters. The first-order chi connectivity index (χ1) is 14.0. The van der Waals surface area contributed by atoms with E-state index >= 15 is 0 Å². The van der Waals surface area contributed by atoms with E-state index in [9.17, 15) is 0 Å². The van der Waals surface area contributed by atoms with Gasteiger partial charge >= 0.3 is 194 Å². The molecule has 0 nitrogen and oxygen atoms in total. The third-order valence-electron chi connectivity index (χ3n) is 6.61. The van der Waals surface area contributed by atoms with E-state index in [0.29, 0.717) is 0 Å². The van der Waals surface area contributed by atoms with Gasteiger partial charge in [-0.05, 0) is 0 Å². The molecule has 0 saturated heterocycles. The van der Waals surface area contributed by atoms with Crippen molar-refractivity contribution in [1.82, 2.24) is 0 Å². The zero-order chi connectivity index (χ0) is 21.8. The number of hydrogen-bond donors (Lipinski definition) is 0. The van der Waals surface area contributed by atoms with Crippen molar-refractivity contribution in [2.24, 2.45) is 0 Å². The van der Waals surface area contributed by atoms with Gasteiger partial charge < -0.3 is 0 Å². The molecule has 2 aromatic rings. The van der Waals surface area contributed by atoms with Crippen LogP contribution in [0.2, 0.25) is 39.3 Å². The van der Waals surface area contributed by atoms with Gasteiger partial charge in [0.15, 0.2) is 0 Å². The largest absolute Gasteiger partial charge is 0.147 e. The predicted molar refractivity (Wildman–Crippen MR) is 153 cm³/mol. The van der Waals surface area contributed by atoms with Gasteiger partial charge in [-0.3, -0.25) is 0 Å². The Balaban J connectivity index is 0.00000181. The topological polar surface area (TPSA) is 0 Å². The Kier molecular flexibility index (Phi) is 8.84. The summed E-state index contributed by atoms with van der Waals surface area (Å²) in [7, 11) is -2.73. The molecule has 0 spiro atoms. The molecule has 0 aliphatic heterocycles. The summed E-state index contributed by atoms with van der Waals surface area (Å²) >= 11 is -2.02. The van der Waals surface area contributed by atoms with E-state index < -0.39 is 37.4 Å². The van der Waals surface area contributed by atoms with Crippen LogP contribution in [0.15, 0.2) is 51.8 Å². The smallest absolute Gasteiger partial charge is 0.147 e. The molecule has 2 aliphatic carbocycles. The van der Waals surface area contributed by atoms with Crippen molar-refractivity contribution in [3.05, 3.63) is 63.0 Å². The molecular formula is C27H38Cl2Si2Zr. The second-order valence-electron chi connectivity index (χ2n) is 11.3. The van der Waals surface area contributed by atoms with Crippen LogP contribution in [0.4, 0.5) is 0 Å². The SMILES string of the molecule is C[C](C)=[Zr]([C]1=CC=CC1)[c]1cc([Si](C)(C)C)cc2c1Cc1ccc([Si](C)(C)C)cc1-2.Cl.Cl. The minimum atomic E-state index is -2.02. The molecule has 0 radical (unpaired) electrons. The van der Waals surface area contributed by atoms with E-state index in [1.807, 2.05) is 0 Å². The number of halogens is 2. The molecule has 0 bridgehead atoms. The van der Waals surface area contributed by atoms with E-state index in [1.165, 1.54) is 6.42 Å². The van der Waals surface area contributed by atoms with Gasteiger partial charge in [0.2, 0.25) is 0 Å². The van der Waals surface area contributed by atoms with E-state index in [2.05, 4.69) is 102 Å². The molecule has 0 N–H and O–H groups in total. The van der Waals surface area contributed by atoms with Gasteiger partial charge in [-0.1, -0.05) is 0 Å². The summed E-state index contributed by atoms with van der Waals surface area (Å²) in [6.45, 7) is 19.7. The molecule has 172 valence electrons. The standard InChI is InChI=1S/C19H25Si2.C5H5.C3H6.2ClH.Zr/c1-20(2,3)16-9-7-14-11-15-8-10-17(21(4,5)6)13-19(15)18(14)12-16;1-2-4-5-3-1;1-3-2;;;/h7,9-10,12-13H,11H2,1-6H3;1-3H,4H2;1-2H3;2*1H;. The molecule has 0 amide bonds. The molecule has 0 atom stereocenters. The van der Waals surface area contributed by atoms with Crippen LogP contribution in [-0.4, -0.2) is 19.4 Å². The first-order valence-corrected chi connectivity index (χ1v) is 22.0. The third-order valence-corrected chi connectivity index (χ3v) is 18.0. The van der Waals surface area contributed by atoms with Crippen LogP contribution in [-0.2, 0) is 27.7 Å². The number of allylic oxidation sites excluding steroid dienone is 4. The maximum atomic E-state index is 2.68. The van der Waals surface area contributed by atoms with Crippen molar-refractivity contribution in [2.75, 3.05) is 0 Å². The Morgan fingerprint density at radius 2 is 1.44 bits per heavy atom. The van der Waals surface area contributed by atoms with Crippen molar-refractivity contribution < 1.29 is 21.3 Å². The van der Waals surface area contributed by atoms with Crippen LogP contribution >= 0.6 is 24.8 Å². The maximum absolute atomic E-state index is 2.68. The van der Waals surface area contributed by atoms with Gasteiger partial charge in [0.05, 0.1) is 0 Å². The van der Waals surface area contributed by atoms with Crippen molar-refractivity contribution in [3.8, 4) is 11.1 Å². The summed E-state index contributed by atoms with van der Waals surface area (Å²) < 4.78 is 5.24. The fourth-order valence-corrected chi connectivity index (χ4v) is 14.7. The van der Waals surface area contributed by atoms with Crippen molar-refractivity contribution in [3.63, 3.8) is 0 Å². The number of hydrogen-bond acceptors (Lipinski definition) is 0. The van der Waals surface area contributed by atoms with Crippen LogP contribution in [0.1, 0.15) is 31.4 Å². The number of rotatable bonds is 4. The Morgan fingerprint density at radius 1 is 0.812 bits per heavy atom. The van der Waals surface area contributed by atoms with Gasteiger partial charge in [0.25, 0.3) is 0 Å². The van der Waals surface area contributed by atoms with E-state index in [1.54, 1.807) is 42.4 Å². The van der Waals surface area contributed by atoms with Crippen molar-refractivity contribution in [1.29, 1.82) is 0 Å². The molecule has 0 heterocycles. The van der Waals surface area contributed by atoms with Crippen molar-refractivity contribution in [2.45, 2.75) is 66.0 Å². The second kappa shape index (κ2) is 10.1. The maximum Gasteiger partial charge on any atom is -0.147 e. The molecule has 0 aromatic heterocycles. The summed E-state index contributed by atoms with van der Waals surface area (Å²) in [4.78, 5) is 0. The molecule has 4 rings (SSSR count). The Bertz CT molecular complexity index is 1130. The molecule has 2 aromatic carbocycles. The molecule has 2 aliphatic rings. The Morgan fingerprint density at radius 3 is 1.97 bits per heavy atom. The Labute approximate surface area is 217 Å². The van der Waals surface area contributed by atoms with Crippen LogP contribution in [0.5, 0.6) is 0 Å². The zero-order valence-corrected chi connectivity index (χ0v) is 26.9. The molecular weight excluding hydrogens is 543 g/mol. The molecule has 0 fully saturated rings. The van der Waals surface area contributed by atoms with Crippen molar-refractivity contribution >= 4 is 57.8 Å². The Hall–Kier alpha value is -0.313. The first-order valence-electron chi connectivity index (χ1n) is 11.3. The third kappa shape index (κ3) is 5.33. The molecule has 0 saturated carbocycles. The van der Waals surface area contributed by atoms with E-state index in [0.717, 1.165) is 6.42 Å². The van der Waals surface area contributed by atoms with Crippen LogP contribution in [0, 0.1) is 0 Å². The average molecular weight is 581 g/mol. The number of benzene rings is 2. The molecule has 32 heavy (non-hydrogen) atoms. The summed E-state index contributed by atoms with van der Waals surface area (Å²) in [5, 5.41) is 3.24. The number of fused-ring (bicyclic) bond motifs is 3. The van der Waals surface area contributed by atoms with Crippen LogP contribution < -0.4 is 13.6 Å². The summed E-state index contributed by atoms with van der Waals surface area (Å²) in [5.74, 6) is 0. The average Bonchev–Trinajstić information content (AvgIpc) is 3.27. The second-order valence-corrected chi connectivity index (χ2v) is 28.7. The quantitative estimate of drug-likeness (QED) is 0.310. The summed E-state index contributed by atoms with van der Waals surface area (Å²) in [6.07, 6.45) is 9.40. The fourth-order valence-electron chi connectivity index (χ4n) is 4.79. The van der Waals surface area contributed by atoms with Crippen LogP contribution in [0.25, 0.3) is 11.1 Å². The summed E-state index contributed by atoms with van der Waals surface area (Å²) in [6, 6.07) is 12.7. The van der Waals surface area contributed by atoms with Crippen LogP contribution in [0.3, 0.4) is 0 Å². The normalized spacial score (nSPS) is 14.2. The van der Waals surface area contributed by atoms with Gasteiger partial charge in [0, 0.05) is 0 Å². The molecule has 5 heteroatoms. The van der Waals surface area contributed by atoms with Gasteiger partial charge in [0.1, 0.15) is 0 Å². The van der Waals surface area contributed by atoms with E-state index in [-0.39, 0.29) is 24.8 Å². The summed E-state index contributed by atoms with van der Waals surface area (Å²) in [5.41, 5.74) is 6.34. The van der Waals surface area contributed by atoms with Gasteiger partial charge in [-0.25, -0.2) is 0 Å². The predicted octanol–water partition coefficient (Wildman–Crippen LogP) is 6.49. The fraction of sp³-hybridized carbons (Fsp3) is 0.370. The minimum absolute atomic E-state index is 0. The first kappa shape index (κ1) is 27.9. The minimum Gasteiger partial charge on any atom is -0.147 e.